The number of halogens is 1. The molecular weight excluding hydrogens is 365 g/mol. The molecule has 1 saturated heterocycles. The molecule has 1 aliphatic rings. The van der Waals surface area contributed by atoms with Gasteiger partial charge in [0.2, 0.25) is 5.82 Å². The summed E-state index contributed by atoms with van der Waals surface area (Å²) in [7, 11) is 0. The number of aromatic nitrogens is 2. The third kappa shape index (κ3) is 3.86. The van der Waals surface area contributed by atoms with Crippen LogP contribution in [0.25, 0.3) is 22.8 Å². The van der Waals surface area contributed by atoms with E-state index in [9.17, 15) is 9.18 Å². The highest BCUT2D eigenvalue weighted by molar-refractivity contribution is 5.78. The van der Waals surface area contributed by atoms with Gasteiger partial charge in [-0.05, 0) is 24.3 Å². The second kappa shape index (κ2) is 8.18. The summed E-state index contributed by atoms with van der Waals surface area (Å²) >= 11 is 0. The van der Waals surface area contributed by atoms with Gasteiger partial charge in [-0.1, -0.05) is 29.4 Å². The lowest BCUT2D eigenvalue weighted by Crippen LogP contribution is -2.43. The van der Waals surface area contributed by atoms with Gasteiger partial charge in [0.15, 0.2) is 6.61 Å². The maximum Gasteiger partial charge on any atom is 0.261 e. The van der Waals surface area contributed by atoms with E-state index in [4.69, 9.17) is 14.0 Å². The first-order chi connectivity index (χ1) is 13.7. The van der Waals surface area contributed by atoms with Gasteiger partial charge in [-0.25, -0.2) is 4.39 Å². The Morgan fingerprint density at radius 2 is 1.79 bits per heavy atom. The maximum atomic E-state index is 13.9. The predicted molar refractivity (Wildman–Crippen MR) is 98.0 cm³/mol. The first-order valence-corrected chi connectivity index (χ1v) is 8.89. The number of morpholine rings is 1. The Bertz CT molecular complexity index is 969. The van der Waals surface area contributed by atoms with E-state index in [1.165, 1.54) is 6.07 Å². The molecule has 0 unspecified atom stereocenters. The van der Waals surface area contributed by atoms with E-state index in [-0.39, 0.29) is 29.8 Å². The number of amides is 1. The van der Waals surface area contributed by atoms with Crippen LogP contribution in [0, 0.1) is 5.82 Å². The van der Waals surface area contributed by atoms with E-state index in [0.29, 0.717) is 37.6 Å². The first-order valence-electron chi connectivity index (χ1n) is 8.89. The summed E-state index contributed by atoms with van der Waals surface area (Å²) in [6, 6.07) is 13.2. The van der Waals surface area contributed by atoms with Crippen molar-refractivity contribution in [1.82, 2.24) is 15.0 Å². The zero-order chi connectivity index (χ0) is 19.3. The molecule has 144 valence electrons. The normalized spacial score (nSPS) is 14.1. The van der Waals surface area contributed by atoms with E-state index >= 15 is 0 Å². The van der Waals surface area contributed by atoms with Crippen molar-refractivity contribution in [2.75, 3.05) is 32.9 Å². The molecule has 2 heterocycles. The lowest BCUT2D eigenvalue weighted by atomic mass is 10.2. The molecule has 8 heteroatoms. The average molecular weight is 383 g/mol. The fourth-order valence-corrected chi connectivity index (χ4v) is 2.90. The molecular formula is C20H18FN3O4. The molecule has 1 aliphatic heterocycles. The molecule has 1 fully saturated rings. The second-order valence-corrected chi connectivity index (χ2v) is 6.18. The van der Waals surface area contributed by atoms with Gasteiger partial charge in [-0.15, -0.1) is 0 Å². The number of hydrogen-bond donors (Lipinski definition) is 0. The lowest BCUT2D eigenvalue weighted by Gasteiger charge is -2.26. The van der Waals surface area contributed by atoms with Crippen molar-refractivity contribution in [1.29, 1.82) is 0 Å². The highest BCUT2D eigenvalue weighted by Crippen LogP contribution is 2.30. The van der Waals surface area contributed by atoms with Gasteiger partial charge >= 0.3 is 0 Å². The van der Waals surface area contributed by atoms with Crippen LogP contribution in [-0.4, -0.2) is 53.9 Å². The minimum absolute atomic E-state index is 0.0762. The minimum atomic E-state index is -0.446. The fourth-order valence-electron chi connectivity index (χ4n) is 2.90. The van der Waals surface area contributed by atoms with Gasteiger partial charge in [0.1, 0.15) is 11.6 Å². The smallest absolute Gasteiger partial charge is 0.261 e. The number of hydrogen-bond acceptors (Lipinski definition) is 6. The van der Waals surface area contributed by atoms with Crippen LogP contribution in [0.2, 0.25) is 0 Å². The van der Waals surface area contributed by atoms with Crippen molar-refractivity contribution in [2.24, 2.45) is 0 Å². The molecule has 0 N–H and O–H groups in total. The number of carbonyl (C=O) groups excluding carboxylic acids is 1. The summed E-state index contributed by atoms with van der Waals surface area (Å²) < 4.78 is 30.1. The first kappa shape index (κ1) is 18.1. The Morgan fingerprint density at radius 3 is 2.57 bits per heavy atom. The standard InChI is InChI=1S/C20H18FN3O4/c21-16-7-3-1-5-14(16)20-22-19(23-28-20)15-6-2-4-8-17(15)27-13-18(25)24-9-11-26-12-10-24/h1-8H,9-13H2. The largest absolute Gasteiger partial charge is 0.483 e. The summed E-state index contributed by atoms with van der Waals surface area (Å²) in [6.07, 6.45) is 0. The maximum absolute atomic E-state index is 13.9. The van der Waals surface area contributed by atoms with Crippen LogP contribution in [0.1, 0.15) is 0 Å². The van der Waals surface area contributed by atoms with Gasteiger partial charge in [0.25, 0.3) is 11.8 Å². The van der Waals surface area contributed by atoms with Gasteiger partial charge in [-0.3, -0.25) is 4.79 Å². The van der Waals surface area contributed by atoms with E-state index in [2.05, 4.69) is 10.1 Å². The Kier molecular flexibility index (Phi) is 5.29. The molecule has 0 radical (unpaired) electrons. The van der Waals surface area contributed by atoms with Crippen LogP contribution in [0.3, 0.4) is 0 Å². The second-order valence-electron chi connectivity index (χ2n) is 6.18. The molecule has 4 rings (SSSR count). The zero-order valence-electron chi connectivity index (χ0n) is 15.0. The molecule has 1 amide bonds. The number of ether oxygens (including phenoxy) is 2. The Morgan fingerprint density at radius 1 is 1.07 bits per heavy atom. The molecule has 0 saturated carbocycles. The summed E-state index contributed by atoms with van der Waals surface area (Å²) in [4.78, 5) is 18.3. The fraction of sp³-hybridized carbons (Fsp3) is 0.250. The van der Waals surface area contributed by atoms with Crippen molar-refractivity contribution in [3.05, 3.63) is 54.3 Å². The number of rotatable bonds is 5. The molecule has 0 aliphatic carbocycles. The number of benzene rings is 2. The average Bonchev–Trinajstić information content (AvgIpc) is 3.23. The highest BCUT2D eigenvalue weighted by atomic mass is 19.1. The van der Waals surface area contributed by atoms with Crippen LogP contribution in [0.5, 0.6) is 5.75 Å². The van der Waals surface area contributed by atoms with Crippen LogP contribution in [0.4, 0.5) is 4.39 Å². The van der Waals surface area contributed by atoms with E-state index in [0.717, 1.165) is 0 Å². The van der Waals surface area contributed by atoms with Crippen molar-refractivity contribution < 1.29 is 23.2 Å². The predicted octanol–water partition coefficient (Wildman–Crippen LogP) is 2.78. The number of carbonyl (C=O) groups is 1. The quantitative estimate of drug-likeness (QED) is 0.674. The molecule has 28 heavy (non-hydrogen) atoms. The number of nitrogens with zero attached hydrogens (tertiary/aromatic N) is 3. The van der Waals surface area contributed by atoms with Crippen molar-refractivity contribution in [3.8, 4) is 28.6 Å². The van der Waals surface area contributed by atoms with Crippen LogP contribution in [0.15, 0.2) is 53.1 Å². The van der Waals surface area contributed by atoms with Gasteiger partial charge < -0.3 is 18.9 Å². The molecule has 0 atom stereocenters. The van der Waals surface area contributed by atoms with Crippen molar-refractivity contribution >= 4 is 5.91 Å². The van der Waals surface area contributed by atoms with Crippen molar-refractivity contribution in [2.45, 2.75) is 0 Å². The van der Waals surface area contributed by atoms with Crippen LogP contribution >= 0.6 is 0 Å². The Balaban J connectivity index is 1.52. The number of para-hydroxylation sites is 1. The molecule has 3 aromatic rings. The van der Waals surface area contributed by atoms with E-state index in [1.807, 2.05) is 0 Å². The Labute approximate surface area is 160 Å². The van der Waals surface area contributed by atoms with Crippen LogP contribution in [-0.2, 0) is 9.53 Å². The molecule has 0 spiro atoms. The van der Waals surface area contributed by atoms with E-state index < -0.39 is 5.82 Å². The Hall–Kier alpha value is -3.26. The van der Waals surface area contributed by atoms with Crippen LogP contribution < -0.4 is 4.74 Å². The summed E-state index contributed by atoms with van der Waals surface area (Å²) in [6.45, 7) is 2.07. The monoisotopic (exact) mass is 383 g/mol. The highest BCUT2D eigenvalue weighted by Gasteiger charge is 2.20. The van der Waals surface area contributed by atoms with Crippen molar-refractivity contribution in [3.63, 3.8) is 0 Å². The zero-order valence-corrected chi connectivity index (χ0v) is 15.0. The van der Waals surface area contributed by atoms with Gasteiger partial charge in [0, 0.05) is 13.1 Å². The SMILES string of the molecule is O=C(COc1ccccc1-c1noc(-c2ccccc2F)n1)N1CCOCC1. The lowest BCUT2D eigenvalue weighted by molar-refractivity contribution is -0.137. The molecule has 2 aromatic carbocycles. The summed E-state index contributed by atoms with van der Waals surface area (Å²) in [5.74, 6) is 0.224. The van der Waals surface area contributed by atoms with E-state index in [1.54, 1.807) is 47.4 Å². The topological polar surface area (TPSA) is 77.7 Å². The van der Waals surface area contributed by atoms with Gasteiger partial charge in [0.05, 0.1) is 24.3 Å². The summed E-state index contributed by atoms with van der Waals surface area (Å²) in [5.41, 5.74) is 0.783. The van der Waals surface area contributed by atoms with Gasteiger partial charge in [-0.2, -0.15) is 4.98 Å². The summed E-state index contributed by atoms with van der Waals surface area (Å²) in [5, 5.41) is 3.94. The third-order valence-electron chi connectivity index (χ3n) is 4.37. The third-order valence-corrected chi connectivity index (χ3v) is 4.37. The molecule has 1 aromatic heterocycles. The molecule has 7 nitrogen and oxygen atoms in total. The molecule has 0 bridgehead atoms. The minimum Gasteiger partial charge on any atom is -0.483 e.